The SMILES string of the molecule is Oc1ccccc1Sc1ncnc2sccc12. The second-order valence-electron chi connectivity index (χ2n) is 3.39. The van der Waals surface area contributed by atoms with E-state index >= 15 is 0 Å². The van der Waals surface area contributed by atoms with Crippen LogP contribution in [0.4, 0.5) is 0 Å². The van der Waals surface area contributed by atoms with E-state index in [1.807, 2.05) is 23.6 Å². The Hall–Kier alpha value is -1.59. The van der Waals surface area contributed by atoms with Crippen LogP contribution >= 0.6 is 23.1 Å². The molecule has 3 nitrogen and oxygen atoms in total. The van der Waals surface area contributed by atoms with Crippen LogP contribution in [-0.2, 0) is 0 Å². The minimum absolute atomic E-state index is 0.277. The van der Waals surface area contributed by atoms with Crippen molar-refractivity contribution in [1.29, 1.82) is 0 Å². The Morgan fingerprint density at radius 3 is 2.88 bits per heavy atom. The smallest absolute Gasteiger partial charge is 0.129 e. The first-order valence-electron chi connectivity index (χ1n) is 4.98. The lowest BCUT2D eigenvalue weighted by molar-refractivity contribution is 0.462. The van der Waals surface area contributed by atoms with Crippen molar-refractivity contribution in [2.24, 2.45) is 0 Å². The first-order chi connectivity index (χ1) is 8.34. The Morgan fingerprint density at radius 1 is 1.12 bits per heavy atom. The molecule has 17 heavy (non-hydrogen) atoms. The predicted molar refractivity (Wildman–Crippen MR) is 69.6 cm³/mol. The van der Waals surface area contributed by atoms with Crippen molar-refractivity contribution in [1.82, 2.24) is 9.97 Å². The summed E-state index contributed by atoms with van der Waals surface area (Å²) in [6.07, 6.45) is 1.56. The summed E-state index contributed by atoms with van der Waals surface area (Å²) in [5.74, 6) is 0.277. The number of phenolic OH excluding ortho intramolecular Hbond substituents is 1. The summed E-state index contributed by atoms with van der Waals surface area (Å²) in [4.78, 5) is 10.2. The van der Waals surface area contributed by atoms with E-state index in [1.165, 1.54) is 11.8 Å². The van der Waals surface area contributed by atoms with E-state index in [1.54, 1.807) is 29.8 Å². The van der Waals surface area contributed by atoms with Gasteiger partial charge in [0.1, 0.15) is 21.9 Å². The molecule has 1 N–H and O–H groups in total. The van der Waals surface area contributed by atoms with Gasteiger partial charge in [-0.25, -0.2) is 9.97 Å². The molecule has 0 bridgehead atoms. The van der Waals surface area contributed by atoms with E-state index in [4.69, 9.17) is 0 Å². The van der Waals surface area contributed by atoms with Crippen molar-refractivity contribution in [2.45, 2.75) is 9.92 Å². The topological polar surface area (TPSA) is 46.0 Å². The molecule has 0 fully saturated rings. The van der Waals surface area contributed by atoms with E-state index in [9.17, 15) is 5.11 Å². The highest BCUT2D eigenvalue weighted by molar-refractivity contribution is 7.99. The molecule has 3 aromatic rings. The number of fused-ring (bicyclic) bond motifs is 1. The van der Waals surface area contributed by atoms with Crippen molar-refractivity contribution in [3.8, 4) is 5.75 Å². The van der Waals surface area contributed by atoms with E-state index in [0.29, 0.717) is 0 Å². The largest absolute Gasteiger partial charge is 0.507 e. The maximum atomic E-state index is 9.73. The van der Waals surface area contributed by atoms with E-state index in [0.717, 1.165) is 20.1 Å². The molecule has 0 unspecified atom stereocenters. The zero-order valence-electron chi connectivity index (χ0n) is 8.70. The predicted octanol–water partition coefficient (Wildman–Crippen LogP) is 3.55. The number of para-hydroxylation sites is 1. The van der Waals surface area contributed by atoms with Gasteiger partial charge in [0.15, 0.2) is 0 Å². The van der Waals surface area contributed by atoms with Gasteiger partial charge in [-0.1, -0.05) is 23.9 Å². The van der Waals surface area contributed by atoms with Crippen LogP contribution in [-0.4, -0.2) is 15.1 Å². The number of aromatic hydroxyl groups is 1. The molecule has 5 heteroatoms. The van der Waals surface area contributed by atoms with Gasteiger partial charge in [-0.2, -0.15) is 0 Å². The third-order valence-electron chi connectivity index (χ3n) is 2.30. The number of hydrogen-bond donors (Lipinski definition) is 1. The number of hydrogen-bond acceptors (Lipinski definition) is 5. The van der Waals surface area contributed by atoms with Crippen LogP contribution in [0.3, 0.4) is 0 Å². The van der Waals surface area contributed by atoms with Gasteiger partial charge < -0.3 is 5.11 Å². The van der Waals surface area contributed by atoms with Crippen LogP contribution < -0.4 is 0 Å². The van der Waals surface area contributed by atoms with Crippen molar-refractivity contribution in [2.75, 3.05) is 0 Å². The molecule has 1 aromatic carbocycles. The average molecular weight is 260 g/mol. The Balaban J connectivity index is 2.06. The molecule has 3 rings (SSSR count). The molecule has 0 saturated heterocycles. The maximum Gasteiger partial charge on any atom is 0.129 e. The van der Waals surface area contributed by atoms with Crippen LogP contribution in [0.25, 0.3) is 10.2 Å². The number of nitrogens with zero attached hydrogens (tertiary/aromatic N) is 2. The lowest BCUT2D eigenvalue weighted by Gasteiger charge is -2.03. The molecule has 0 atom stereocenters. The van der Waals surface area contributed by atoms with Gasteiger partial charge in [-0.15, -0.1) is 11.3 Å². The molecule has 0 aliphatic carbocycles. The van der Waals surface area contributed by atoms with Crippen molar-refractivity contribution >= 4 is 33.3 Å². The fraction of sp³-hybridized carbons (Fsp3) is 0. The van der Waals surface area contributed by atoms with Crippen molar-refractivity contribution in [3.05, 3.63) is 42.0 Å². The lowest BCUT2D eigenvalue weighted by Crippen LogP contribution is -1.83. The molecule has 0 saturated carbocycles. The van der Waals surface area contributed by atoms with Gasteiger partial charge in [0.05, 0.1) is 4.90 Å². The number of aromatic nitrogens is 2. The molecule has 2 heterocycles. The third-order valence-corrected chi connectivity index (χ3v) is 4.20. The van der Waals surface area contributed by atoms with Gasteiger partial charge in [-0.05, 0) is 23.6 Å². The summed E-state index contributed by atoms with van der Waals surface area (Å²) in [6, 6.07) is 9.25. The Bertz CT molecular complexity index is 666. The van der Waals surface area contributed by atoms with Crippen LogP contribution in [0.1, 0.15) is 0 Å². The lowest BCUT2D eigenvalue weighted by atomic mass is 10.3. The van der Waals surface area contributed by atoms with Crippen molar-refractivity contribution < 1.29 is 5.11 Å². The van der Waals surface area contributed by atoms with Gasteiger partial charge in [0.2, 0.25) is 0 Å². The quantitative estimate of drug-likeness (QED) is 0.716. The second kappa shape index (κ2) is 4.35. The molecule has 0 amide bonds. The summed E-state index contributed by atoms with van der Waals surface area (Å²) < 4.78 is 0. The zero-order valence-corrected chi connectivity index (χ0v) is 10.3. The van der Waals surface area contributed by atoms with Crippen molar-refractivity contribution in [3.63, 3.8) is 0 Å². The molecule has 0 aliphatic heterocycles. The molecule has 0 aliphatic rings. The summed E-state index contributed by atoms with van der Waals surface area (Å²) >= 11 is 3.04. The summed E-state index contributed by atoms with van der Waals surface area (Å²) in [5.41, 5.74) is 0. The fourth-order valence-corrected chi connectivity index (χ4v) is 3.20. The first kappa shape index (κ1) is 10.6. The highest BCUT2D eigenvalue weighted by atomic mass is 32.2. The van der Waals surface area contributed by atoms with Gasteiger partial charge in [0, 0.05) is 5.39 Å². The third kappa shape index (κ3) is 1.99. The van der Waals surface area contributed by atoms with Crippen LogP contribution in [0.5, 0.6) is 5.75 Å². The highest BCUT2D eigenvalue weighted by Crippen LogP contribution is 2.36. The molecule has 0 spiro atoms. The number of benzene rings is 1. The fourth-order valence-electron chi connectivity index (χ4n) is 1.50. The van der Waals surface area contributed by atoms with Gasteiger partial charge >= 0.3 is 0 Å². The summed E-state index contributed by atoms with van der Waals surface area (Å²) in [7, 11) is 0. The van der Waals surface area contributed by atoms with Gasteiger partial charge in [0.25, 0.3) is 0 Å². The first-order valence-corrected chi connectivity index (χ1v) is 6.68. The molecular formula is C12H8N2OS2. The summed E-state index contributed by atoms with van der Waals surface area (Å²) in [5, 5.41) is 13.6. The minimum Gasteiger partial charge on any atom is -0.507 e. The van der Waals surface area contributed by atoms with E-state index in [2.05, 4.69) is 9.97 Å². The van der Waals surface area contributed by atoms with Gasteiger partial charge in [-0.3, -0.25) is 0 Å². The van der Waals surface area contributed by atoms with Crippen LogP contribution in [0.2, 0.25) is 0 Å². The number of rotatable bonds is 2. The van der Waals surface area contributed by atoms with E-state index < -0.39 is 0 Å². The van der Waals surface area contributed by atoms with Crippen LogP contribution in [0, 0.1) is 0 Å². The van der Waals surface area contributed by atoms with E-state index in [-0.39, 0.29) is 5.75 Å². The molecule has 0 radical (unpaired) electrons. The molecule has 2 aromatic heterocycles. The minimum atomic E-state index is 0.277. The summed E-state index contributed by atoms with van der Waals surface area (Å²) in [6.45, 7) is 0. The average Bonchev–Trinajstić information content (AvgIpc) is 2.81. The normalized spacial score (nSPS) is 10.8. The molecule has 84 valence electrons. The number of thiophene rings is 1. The monoisotopic (exact) mass is 260 g/mol. The Kier molecular flexibility index (Phi) is 2.70. The Labute approximate surface area is 106 Å². The molecular weight excluding hydrogens is 252 g/mol. The zero-order chi connectivity index (χ0) is 11.7. The highest BCUT2D eigenvalue weighted by Gasteiger charge is 2.08. The Morgan fingerprint density at radius 2 is 2.00 bits per heavy atom. The van der Waals surface area contributed by atoms with Crippen LogP contribution in [0.15, 0.2) is 52.0 Å². The standard InChI is InChI=1S/C12H8N2OS2/c15-9-3-1-2-4-10(9)17-12-8-5-6-16-11(8)13-7-14-12/h1-7,15H. The second-order valence-corrected chi connectivity index (χ2v) is 5.31. The maximum absolute atomic E-state index is 9.73. The number of phenols is 1.